The van der Waals surface area contributed by atoms with Crippen LogP contribution in [0.2, 0.25) is 0 Å². The predicted octanol–water partition coefficient (Wildman–Crippen LogP) is 3.42. The lowest BCUT2D eigenvalue weighted by Crippen LogP contribution is -2.36. The highest BCUT2D eigenvalue weighted by atomic mass is 19.1. The molecule has 28 heavy (non-hydrogen) atoms. The summed E-state index contributed by atoms with van der Waals surface area (Å²) in [6, 6.07) is 13.4. The maximum atomic E-state index is 14.0. The summed E-state index contributed by atoms with van der Waals surface area (Å²) in [6.45, 7) is 1.78. The first-order chi connectivity index (χ1) is 13.5. The van der Waals surface area contributed by atoms with Gasteiger partial charge in [-0.1, -0.05) is 6.07 Å². The molecule has 0 aliphatic heterocycles. The average Bonchev–Trinajstić information content (AvgIpc) is 2.69. The number of anilines is 3. The number of nitrogens with one attached hydrogen (secondary N) is 3. The van der Waals surface area contributed by atoms with Gasteiger partial charge in [0, 0.05) is 11.8 Å². The number of phenols is 1. The van der Waals surface area contributed by atoms with E-state index in [4.69, 9.17) is 9.47 Å². The Morgan fingerprint density at radius 2 is 1.86 bits per heavy atom. The van der Waals surface area contributed by atoms with Gasteiger partial charge in [0.25, 0.3) is 0 Å². The van der Waals surface area contributed by atoms with Crippen molar-refractivity contribution in [2.45, 2.75) is 13.2 Å². The van der Waals surface area contributed by atoms with Crippen LogP contribution in [0.3, 0.4) is 0 Å². The van der Waals surface area contributed by atoms with E-state index < -0.39 is 12.0 Å². The highest BCUT2D eigenvalue weighted by molar-refractivity contribution is 5.59. The number of hydrogen-bond donors (Lipinski definition) is 4. The summed E-state index contributed by atoms with van der Waals surface area (Å²) < 4.78 is 24.8. The Kier molecular flexibility index (Phi) is 6.07. The largest absolute Gasteiger partial charge is 0.508 e. The highest BCUT2D eigenvalue weighted by Crippen LogP contribution is 2.22. The zero-order chi connectivity index (χ0) is 19.9. The van der Waals surface area contributed by atoms with Gasteiger partial charge in [0.15, 0.2) is 17.9 Å². The predicted molar refractivity (Wildman–Crippen MR) is 103 cm³/mol. The van der Waals surface area contributed by atoms with Crippen LogP contribution in [0.1, 0.15) is 6.92 Å². The number of nitrogens with zero attached hydrogens (tertiary/aromatic N) is 2. The lowest BCUT2D eigenvalue weighted by atomic mass is 10.3. The fourth-order valence-corrected chi connectivity index (χ4v) is 2.29. The van der Waals surface area contributed by atoms with Gasteiger partial charge in [0.05, 0.1) is 13.3 Å². The summed E-state index contributed by atoms with van der Waals surface area (Å²) in [6.07, 6.45) is 0.612. The third-order valence-electron chi connectivity index (χ3n) is 3.61. The van der Waals surface area contributed by atoms with E-state index in [9.17, 15) is 9.50 Å². The van der Waals surface area contributed by atoms with Crippen molar-refractivity contribution in [3.63, 3.8) is 0 Å². The molecule has 1 heterocycles. The van der Waals surface area contributed by atoms with Crippen LogP contribution in [0.4, 0.5) is 21.8 Å². The van der Waals surface area contributed by atoms with Gasteiger partial charge >= 0.3 is 0 Å². The lowest BCUT2D eigenvalue weighted by Gasteiger charge is -2.17. The zero-order valence-corrected chi connectivity index (χ0v) is 15.3. The van der Waals surface area contributed by atoms with Crippen LogP contribution in [-0.2, 0) is 0 Å². The number of ether oxygens (including phenoxy) is 2. The van der Waals surface area contributed by atoms with Gasteiger partial charge < -0.3 is 19.9 Å². The summed E-state index contributed by atoms with van der Waals surface area (Å²) in [5.41, 5.74) is 6.14. The van der Waals surface area contributed by atoms with Gasteiger partial charge in [-0.25, -0.2) is 9.37 Å². The van der Waals surface area contributed by atoms with Crippen molar-refractivity contribution in [2.24, 2.45) is 0 Å². The van der Waals surface area contributed by atoms with Crippen LogP contribution in [0, 0.1) is 5.82 Å². The molecule has 146 valence electrons. The number of halogens is 1. The fraction of sp³-hybridized carbons (Fsp3) is 0.158. The zero-order valence-electron chi connectivity index (χ0n) is 15.3. The second-order valence-corrected chi connectivity index (χ2v) is 5.77. The molecule has 0 saturated heterocycles. The quantitative estimate of drug-likeness (QED) is 0.346. The SMILES string of the molecule is COc1ccc(OC(C)NNc2ncc(F)c(Nc3cccc(O)c3)n2)cc1. The summed E-state index contributed by atoms with van der Waals surface area (Å²) in [4.78, 5) is 7.95. The van der Waals surface area contributed by atoms with Crippen LogP contribution in [0.5, 0.6) is 17.2 Å². The third-order valence-corrected chi connectivity index (χ3v) is 3.61. The van der Waals surface area contributed by atoms with E-state index in [-0.39, 0.29) is 17.5 Å². The Bertz CT molecular complexity index is 924. The maximum absolute atomic E-state index is 14.0. The molecule has 0 aliphatic carbocycles. The topological polar surface area (TPSA) is 101 Å². The van der Waals surface area contributed by atoms with E-state index in [1.54, 1.807) is 50.4 Å². The molecule has 8 nitrogen and oxygen atoms in total. The molecule has 0 amide bonds. The van der Waals surface area contributed by atoms with E-state index >= 15 is 0 Å². The van der Waals surface area contributed by atoms with Gasteiger partial charge in [0.2, 0.25) is 5.95 Å². The molecule has 3 rings (SSSR count). The van der Waals surface area contributed by atoms with Crippen molar-refractivity contribution in [1.29, 1.82) is 0 Å². The van der Waals surface area contributed by atoms with Gasteiger partial charge in [-0.15, -0.1) is 0 Å². The van der Waals surface area contributed by atoms with Crippen molar-refractivity contribution in [1.82, 2.24) is 15.4 Å². The van der Waals surface area contributed by atoms with Crippen LogP contribution in [-0.4, -0.2) is 28.4 Å². The van der Waals surface area contributed by atoms with Crippen molar-refractivity contribution in [2.75, 3.05) is 17.9 Å². The van der Waals surface area contributed by atoms with E-state index in [0.29, 0.717) is 11.4 Å². The fourth-order valence-electron chi connectivity index (χ4n) is 2.29. The highest BCUT2D eigenvalue weighted by Gasteiger charge is 2.09. The summed E-state index contributed by atoms with van der Waals surface area (Å²) in [5.74, 6) is 0.926. The number of methoxy groups -OCH3 is 1. The molecule has 0 aliphatic rings. The summed E-state index contributed by atoms with van der Waals surface area (Å²) in [5, 5.41) is 12.3. The van der Waals surface area contributed by atoms with Crippen molar-refractivity contribution >= 4 is 17.5 Å². The molecule has 1 atom stereocenters. The number of aromatic hydroxyl groups is 1. The van der Waals surface area contributed by atoms with Crippen molar-refractivity contribution < 1.29 is 19.0 Å². The Morgan fingerprint density at radius 1 is 1.11 bits per heavy atom. The molecule has 0 spiro atoms. The third kappa shape index (κ3) is 5.21. The molecule has 2 aromatic carbocycles. The van der Waals surface area contributed by atoms with E-state index in [0.717, 1.165) is 11.9 Å². The van der Waals surface area contributed by atoms with Gasteiger partial charge in [-0.2, -0.15) is 10.4 Å². The Labute approximate surface area is 161 Å². The number of aromatic nitrogens is 2. The van der Waals surface area contributed by atoms with E-state index in [1.165, 1.54) is 12.1 Å². The second-order valence-electron chi connectivity index (χ2n) is 5.77. The number of hydrazine groups is 1. The molecule has 0 fully saturated rings. The first kappa shape index (κ1) is 19.2. The molecular weight excluding hydrogens is 365 g/mol. The van der Waals surface area contributed by atoms with Crippen LogP contribution >= 0.6 is 0 Å². The van der Waals surface area contributed by atoms with Crippen molar-refractivity contribution in [3.05, 3.63) is 60.5 Å². The average molecular weight is 385 g/mol. The molecule has 9 heteroatoms. The Balaban J connectivity index is 1.59. The summed E-state index contributed by atoms with van der Waals surface area (Å²) >= 11 is 0. The first-order valence-corrected chi connectivity index (χ1v) is 8.44. The number of phenolic OH excluding ortho intramolecular Hbond substituents is 1. The summed E-state index contributed by atoms with van der Waals surface area (Å²) in [7, 11) is 1.59. The van der Waals surface area contributed by atoms with Crippen LogP contribution in [0.25, 0.3) is 0 Å². The second kappa shape index (κ2) is 8.87. The molecule has 3 aromatic rings. The van der Waals surface area contributed by atoms with E-state index in [2.05, 4.69) is 26.1 Å². The number of hydrogen-bond acceptors (Lipinski definition) is 8. The molecular formula is C19H20FN5O3. The molecule has 0 radical (unpaired) electrons. The lowest BCUT2D eigenvalue weighted by molar-refractivity contribution is 0.192. The molecule has 0 bridgehead atoms. The minimum atomic E-state index is -0.628. The van der Waals surface area contributed by atoms with E-state index in [1.807, 2.05) is 0 Å². The Hall–Kier alpha value is -3.59. The monoisotopic (exact) mass is 385 g/mol. The van der Waals surface area contributed by atoms with Crippen molar-refractivity contribution in [3.8, 4) is 17.2 Å². The van der Waals surface area contributed by atoms with Gasteiger partial charge in [-0.05, 0) is 43.3 Å². The minimum Gasteiger partial charge on any atom is -0.508 e. The smallest absolute Gasteiger partial charge is 0.239 e. The van der Waals surface area contributed by atoms with Crippen LogP contribution in [0.15, 0.2) is 54.7 Å². The molecule has 0 saturated carbocycles. The first-order valence-electron chi connectivity index (χ1n) is 8.44. The normalized spacial score (nSPS) is 11.5. The van der Waals surface area contributed by atoms with Gasteiger partial charge in [-0.3, -0.25) is 5.43 Å². The Morgan fingerprint density at radius 3 is 2.57 bits per heavy atom. The van der Waals surface area contributed by atoms with Gasteiger partial charge in [0.1, 0.15) is 17.2 Å². The van der Waals surface area contributed by atoms with Crippen LogP contribution < -0.4 is 25.6 Å². The standard InChI is InChI=1S/C19H20FN5O3/c1-12(28-16-8-6-15(27-2)7-9-16)24-25-19-21-11-17(20)18(23-19)22-13-4-3-5-14(26)10-13/h3-12,24,26H,1-2H3,(H2,21,22,23,25). The number of rotatable bonds is 8. The molecule has 1 unspecified atom stereocenters. The minimum absolute atomic E-state index is 0.0337. The maximum Gasteiger partial charge on any atom is 0.239 e. The number of benzene rings is 2. The molecule has 4 N–H and O–H groups in total. The molecule has 1 aromatic heterocycles.